The highest BCUT2D eigenvalue weighted by atomic mass is 35.5. The molecule has 0 aliphatic carbocycles. The SMILES string of the molecule is CC(=NNc1cn[nH]c(=O)c1Cl)c1cc(C)sc1C. The summed E-state index contributed by atoms with van der Waals surface area (Å²) in [6.07, 6.45) is 1.42. The summed E-state index contributed by atoms with van der Waals surface area (Å²) in [6.45, 7) is 6.00. The number of thiophene rings is 1. The topological polar surface area (TPSA) is 70.1 Å². The van der Waals surface area contributed by atoms with Crippen LogP contribution < -0.4 is 11.0 Å². The number of anilines is 1. The highest BCUT2D eigenvalue weighted by Crippen LogP contribution is 2.21. The molecule has 0 radical (unpaired) electrons. The highest BCUT2D eigenvalue weighted by Gasteiger charge is 2.07. The van der Waals surface area contributed by atoms with Gasteiger partial charge in [-0.2, -0.15) is 10.2 Å². The van der Waals surface area contributed by atoms with Crippen molar-refractivity contribution in [3.8, 4) is 0 Å². The molecule has 0 bridgehead atoms. The summed E-state index contributed by atoms with van der Waals surface area (Å²) >= 11 is 7.57. The first-order chi connectivity index (χ1) is 8.99. The molecule has 0 saturated heterocycles. The molecule has 2 rings (SSSR count). The summed E-state index contributed by atoms with van der Waals surface area (Å²) in [6, 6.07) is 2.08. The lowest BCUT2D eigenvalue weighted by molar-refractivity contribution is 0.986. The van der Waals surface area contributed by atoms with Gasteiger partial charge in [-0.3, -0.25) is 10.2 Å². The number of aryl methyl sites for hydroxylation is 2. The van der Waals surface area contributed by atoms with Gasteiger partial charge in [-0.1, -0.05) is 11.6 Å². The Morgan fingerprint density at radius 2 is 2.26 bits per heavy atom. The lowest BCUT2D eigenvalue weighted by Gasteiger charge is -2.03. The minimum absolute atomic E-state index is 0.0461. The average Bonchev–Trinajstić information content (AvgIpc) is 2.70. The van der Waals surface area contributed by atoms with E-state index in [4.69, 9.17) is 11.6 Å². The Balaban J connectivity index is 2.25. The molecule has 100 valence electrons. The smallest absolute Gasteiger partial charge is 0.275 e. The fourth-order valence-corrected chi connectivity index (χ4v) is 2.77. The Morgan fingerprint density at radius 3 is 2.89 bits per heavy atom. The molecule has 0 atom stereocenters. The summed E-state index contributed by atoms with van der Waals surface area (Å²) in [5, 5.41) is 10.2. The van der Waals surface area contributed by atoms with E-state index in [9.17, 15) is 4.79 Å². The number of hydrazone groups is 1. The minimum atomic E-state index is -0.443. The normalized spacial score (nSPS) is 11.7. The van der Waals surface area contributed by atoms with Crippen LogP contribution in [0, 0.1) is 13.8 Å². The molecule has 2 N–H and O–H groups in total. The third-order valence-corrected chi connectivity index (χ3v) is 3.91. The second-order valence-corrected chi connectivity index (χ2v) is 5.90. The number of halogens is 1. The van der Waals surface area contributed by atoms with Crippen LogP contribution >= 0.6 is 22.9 Å². The number of aromatic nitrogens is 2. The third-order valence-electron chi connectivity index (χ3n) is 2.57. The van der Waals surface area contributed by atoms with Crippen LogP contribution in [0.2, 0.25) is 5.02 Å². The molecule has 0 aromatic carbocycles. The molecular formula is C12H13ClN4OS. The van der Waals surface area contributed by atoms with Crippen molar-refractivity contribution in [3.05, 3.63) is 43.0 Å². The van der Waals surface area contributed by atoms with Gasteiger partial charge in [-0.05, 0) is 26.8 Å². The average molecular weight is 297 g/mol. The largest absolute Gasteiger partial charge is 0.285 e. The van der Waals surface area contributed by atoms with Crippen molar-refractivity contribution in [3.63, 3.8) is 0 Å². The molecule has 7 heteroatoms. The number of nitrogens with zero attached hydrogens (tertiary/aromatic N) is 2. The predicted octanol–water partition coefficient (Wildman–Crippen LogP) is 2.94. The quantitative estimate of drug-likeness (QED) is 0.676. The molecule has 0 unspecified atom stereocenters. The van der Waals surface area contributed by atoms with E-state index in [0.29, 0.717) is 5.69 Å². The van der Waals surface area contributed by atoms with Gasteiger partial charge in [0.25, 0.3) is 5.56 Å². The maximum Gasteiger partial charge on any atom is 0.285 e. The molecule has 5 nitrogen and oxygen atoms in total. The summed E-state index contributed by atoms with van der Waals surface area (Å²) in [4.78, 5) is 13.7. The Kier molecular flexibility index (Phi) is 4.01. The molecule has 0 saturated carbocycles. The Bertz CT molecular complexity index is 689. The van der Waals surface area contributed by atoms with Crippen molar-refractivity contribution in [1.82, 2.24) is 10.2 Å². The van der Waals surface area contributed by atoms with Crippen LogP contribution in [-0.2, 0) is 0 Å². The van der Waals surface area contributed by atoms with Gasteiger partial charge < -0.3 is 0 Å². The van der Waals surface area contributed by atoms with Gasteiger partial charge >= 0.3 is 0 Å². The van der Waals surface area contributed by atoms with E-state index in [2.05, 4.69) is 33.7 Å². The maximum absolute atomic E-state index is 11.3. The van der Waals surface area contributed by atoms with Crippen molar-refractivity contribution in [2.24, 2.45) is 5.10 Å². The van der Waals surface area contributed by atoms with Crippen molar-refractivity contribution < 1.29 is 0 Å². The molecular weight excluding hydrogens is 284 g/mol. The second-order valence-electron chi connectivity index (χ2n) is 4.06. The fourth-order valence-electron chi connectivity index (χ4n) is 1.66. The van der Waals surface area contributed by atoms with Gasteiger partial charge in [0.1, 0.15) is 10.7 Å². The molecule has 0 fully saturated rings. The number of hydrogen-bond acceptors (Lipinski definition) is 5. The lowest BCUT2D eigenvalue weighted by Crippen LogP contribution is -2.10. The van der Waals surface area contributed by atoms with Gasteiger partial charge in [0.15, 0.2) is 0 Å². The number of H-pyrrole nitrogens is 1. The Labute approximate surface area is 119 Å². The van der Waals surface area contributed by atoms with E-state index in [-0.39, 0.29) is 5.02 Å². The van der Waals surface area contributed by atoms with Crippen LogP contribution in [0.5, 0.6) is 0 Å². The Hall–Kier alpha value is -1.66. The summed E-state index contributed by atoms with van der Waals surface area (Å²) in [5.41, 5.74) is 4.63. The van der Waals surface area contributed by atoms with Crippen LogP contribution in [0.15, 0.2) is 22.2 Å². The van der Waals surface area contributed by atoms with E-state index >= 15 is 0 Å². The van der Waals surface area contributed by atoms with E-state index in [0.717, 1.165) is 11.3 Å². The molecule has 0 amide bonds. The van der Waals surface area contributed by atoms with E-state index < -0.39 is 5.56 Å². The number of hydrogen-bond donors (Lipinski definition) is 2. The van der Waals surface area contributed by atoms with Crippen LogP contribution in [-0.4, -0.2) is 15.9 Å². The third kappa shape index (κ3) is 3.02. The van der Waals surface area contributed by atoms with Gasteiger partial charge in [0.2, 0.25) is 0 Å². The first-order valence-electron chi connectivity index (χ1n) is 5.60. The van der Waals surface area contributed by atoms with Gasteiger partial charge in [0, 0.05) is 15.3 Å². The zero-order valence-electron chi connectivity index (χ0n) is 10.7. The number of rotatable bonds is 3. The zero-order valence-corrected chi connectivity index (χ0v) is 12.3. The number of aromatic amines is 1. The molecule has 2 heterocycles. The van der Waals surface area contributed by atoms with E-state index in [1.165, 1.54) is 16.0 Å². The Morgan fingerprint density at radius 1 is 1.53 bits per heavy atom. The highest BCUT2D eigenvalue weighted by molar-refractivity contribution is 7.12. The minimum Gasteiger partial charge on any atom is -0.275 e. The van der Waals surface area contributed by atoms with Crippen molar-refractivity contribution in [2.45, 2.75) is 20.8 Å². The summed E-state index contributed by atoms with van der Waals surface area (Å²) in [7, 11) is 0. The van der Waals surface area contributed by atoms with Crippen LogP contribution in [0.3, 0.4) is 0 Å². The van der Waals surface area contributed by atoms with E-state index in [1.807, 2.05) is 13.8 Å². The molecule has 2 aromatic heterocycles. The van der Waals surface area contributed by atoms with Crippen molar-refractivity contribution >= 4 is 34.3 Å². The van der Waals surface area contributed by atoms with Gasteiger partial charge in [-0.25, -0.2) is 5.10 Å². The fraction of sp³-hybridized carbons (Fsp3) is 0.250. The lowest BCUT2D eigenvalue weighted by atomic mass is 10.2. The zero-order chi connectivity index (χ0) is 14.0. The number of nitrogens with one attached hydrogen (secondary N) is 2. The molecule has 0 aliphatic heterocycles. The summed E-state index contributed by atoms with van der Waals surface area (Å²) < 4.78 is 0. The van der Waals surface area contributed by atoms with Gasteiger partial charge in [0.05, 0.1) is 11.9 Å². The monoisotopic (exact) mass is 296 g/mol. The molecule has 2 aromatic rings. The first kappa shape index (κ1) is 13.8. The van der Waals surface area contributed by atoms with Crippen molar-refractivity contribution in [2.75, 3.05) is 5.43 Å². The predicted molar refractivity (Wildman–Crippen MR) is 79.5 cm³/mol. The molecule has 0 aliphatic rings. The molecule has 19 heavy (non-hydrogen) atoms. The maximum atomic E-state index is 11.3. The van der Waals surface area contributed by atoms with Crippen LogP contribution in [0.25, 0.3) is 0 Å². The van der Waals surface area contributed by atoms with Gasteiger partial charge in [-0.15, -0.1) is 11.3 Å². The second kappa shape index (κ2) is 5.54. The van der Waals surface area contributed by atoms with E-state index in [1.54, 1.807) is 11.3 Å². The first-order valence-corrected chi connectivity index (χ1v) is 6.79. The molecule has 0 spiro atoms. The van der Waals surface area contributed by atoms with Crippen molar-refractivity contribution in [1.29, 1.82) is 0 Å². The summed E-state index contributed by atoms with van der Waals surface area (Å²) in [5.74, 6) is 0. The van der Waals surface area contributed by atoms with Crippen LogP contribution in [0.1, 0.15) is 22.2 Å². The standard InChI is InChI=1S/C12H13ClN4OS/c1-6-4-9(8(3)19-6)7(2)15-16-10-5-14-17-12(18)11(10)13/h4-5H,1-3H3,(H2,16,17,18). The van der Waals surface area contributed by atoms with Crippen LogP contribution in [0.4, 0.5) is 5.69 Å².